The Labute approximate surface area is 153 Å². The number of sulfonamides is 1. The number of carbonyl (C=O) groups excluding carboxylic acids is 1. The largest absolute Gasteiger partial charge is 0.355 e. The first-order chi connectivity index (χ1) is 12.3. The lowest BCUT2D eigenvalue weighted by atomic mass is 10.1. The fourth-order valence-electron chi connectivity index (χ4n) is 2.50. The summed E-state index contributed by atoms with van der Waals surface area (Å²) >= 11 is 0. The van der Waals surface area contributed by atoms with Gasteiger partial charge in [-0.05, 0) is 37.5 Å². The van der Waals surface area contributed by atoms with Gasteiger partial charge in [0.2, 0.25) is 15.9 Å². The minimum absolute atomic E-state index is 0.134. The summed E-state index contributed by atoms with van der Waals surface area (Å²) < 4.78 is 38.6. The number of nitrogens with one attached hydrogen (secondary N) is 1. The molecular formula is C19H23FN2O3S. The van der Waals surface area contributed by atoms with E-state index < -0.39 is 28.3 Å². The lowest BCUT2D eigenvalue weighted by molar-refractivity contribution is -0.119. The number of nitrogens with zero attached hydrogens (tertiary/aromatic N) is 1. The molecule has 0 aromatic heterocycles. The molecule has 0 unspecified atom stereocenters. The van der Waals surface area contributed by atoms with Gasteiger partial charge in [0.1, 0.15) is 12.4 Å². The summed E-state index contributed by atoms with van der Waals surface area (Å²) in [6.45, 7) is 1.99. The van der Waals surface area contributed by atoms with Crippen LogP contribution in [-0.2, 0) is 21.2 Å². The summed E-state index contributed by atoms with van der Waals surface area (Å²) in [6, 6.07) is 13.6. The first-order valence-corrected chi connectivity index (χ1v) is 10.2. The maximum atomic E-state index is 13.9. The van der Waals surface area contributed by atoms with Crippen molar-refractivity contribution >= 4 is 21.6 Å². The minimum atomic E-state index is -3.78. The van der Waals surface area contributed by atoms with Crippen LogP contribution in [0.1, 0.15) is 17.5 Å². The Morgan fingerprint density at radius 1 is 1.12 bits per heavy atom. The molecule has 0 aliphatic heterocycles. The maximum absolute atomic E-state index is 13.9. The van der Waals surface area contributed by atoms with Crippen LogP contribution in [0.5, 0.6) is 0 Å². The molecule has 0 saturated heterocycles. The molecule has 1 amide bonds. The Morgan fingerprint density at radius 3 is 2.38 bits per heavy atom. The molecule has 0 bridgehead atoms. The molecule has 0 aliphatic rings. The van der Waals surface area contributed by atoms with Crippen LogP contribution in [0.3, 0.4) is 0 Å². The number of hydrogen-bond acceptors (Lipinski definition) is 3. The van der Waals surface area contributed by atoms with Crippen LogP contribution in [0.25, 0.3) is 0 Å². The van der Waals surface area contributed by atoms with Crippen molar-refractivity contribution < 1.29 is 17.6 Å². The normalized spacial score (nSPS) is 11.2. The number of benzene rings is 2. The molecule has 2 aromatic rings. The number of amides is 1. The predicted molar refractivity (Wildman–Crippen MR) is 101 cm³/mol. The number of anilines is 1. The zero-order chi connectivity index (χ0) is 19.2. The zero-order valence-electron chi connectivity index (χ0n) is 14.9. The third-order valence-electron chi connectivity index (χ3n) is 3.89. The molecule has 1 N–H and O–H groups in total. The highest BCUT2D eigenvalue weighted by Crippen LogP contribution is 2.20. The number of halogens is 1. The molecule has 140 valence electrons. The van der Waals surface area contributed by atoms with Crippen molar-refractivity contribution in [2.24, 2.45) is 0 Å². The van der Waals surface area contributed by atoms with E-state index in [0.717, 1.165) is 29.5 Å². The van der Waals surface area contributed by atoms with E-state index in [1.807, 2.05) is 31.2 Å². The summed E-state index contributed by atoms with van der Waals surface area (Å²) in [4.78, 5) is 12.1. The van der Waals surface area contributed by atoms with Crippen molar-refractivity contribution in [2.45, 2.75) is 19.8 Å². The van der Waals surface area contributed by atoms with Gasteiger partial charge in [-0.25, -0.2) is 12.8 Å². The Balaban J connectivity index is 1.89. The van der Waals surface area contributed by atoms with Gasteiger partial charge < -0.3 is 5.32 Å². The first kappa shape index (κ1) is 19.9. The molecule has 5 nitrogen and oxygen atoms in total. The molecule has 0 atom stereocenters. The highest BCUT2D eigenvalue weighted by Gasteiger charge is 2.23. The second-order valence-electron chi connectivity index (χ2n) is 6.16. The zero-order valence-corrected chi connectivity index (χ0v) is 15.7. The van der Waals surface area contributed by atoms with E-state index in [0.29, 0.717) is 6.54 Å². The summed E-state index contributed by atoms with van der Waals surface area (Å²) in [5, 5.41) is 2.69. The van der Waals surface area contributed by atoms with Crippen LogP contribution in [0.4, 0.5) is 10.1 Å². The van der Waals surface area contributed by atoms with Crippen LogP contribution < -0.4 is 9.62 Å². The van der Waals surface area contributed by atoms with Gasteiger partial charge in [0.05, 0.1) is 11.9 Å². The van der Waals surface area contributed by atoms with Crippen molar-refractivity contribution in [2.75, 3.05) is 23.7 Å². The lowest BCUT2D eigenvalue weighted by Gasteiger charge is -2.22. The molecular weight excluding hydrogens is 355 g/mol. The second kappa shape index (κ2) is 8.80. The average molecular weight is 378 g/mol. The first-order valence-electron chi connectivity index (χ1n) is 8.32. The standard InChI is InChI=1S/C19H23FN2O3S/c1-15-9-11-16(12-10-15)6-5-13-21-19(23)14-22(26(2,24)25)18-8-4-3-7-17(18)20/h3-4,7-12H,5-6,13-14H2,1-2H3,(H,21,23). The smallest absolute Gasteiger partial charge is 0.240 e. The van der Waals surface area contributed by atoms with Gasteiger partial charge in [-0.3, -0.25) is 9.10 Å². The highest BCUT2D eigenvalue weighted by atomic mass is 32.2. The second-order valence-corrected chi connectivity index (χ2v) is 8.07. The molecule has 2 aromatic carbocycles. The van der Waals surface area contributed by atoms with Crippen molar-refractivity contribution in [3.8, 4) is 0 Å². The molecule has 0 saturated carbocycles. The van der Waals surface area contributed by atoms with Crippen molar-refractivity contribution in [1.82, 2.24) is 5.32 Å². The summed E-state index contributed by atoms with van der Waals surface area (Å²) in [7, 11) is -3.78. The van der Waals surface area contributed by atoms with Gasteiger partial charge in [-0.1, -0.05) is 42.0 Å². The molecule has 0 heterocycles. The van der Waals surface area contributed by atoms with Crippen LogP contribution in [-0.4, -0.2) is 33.7 Å². The van der Waals surface area contributed by atoms with Crippen LogP contribution in [0.2, 0.25) is 0 Å². The predicted octanol–water partition coefficient (Wildman–Crippen LogP) is 2.65. The van der Waals surface area contributed by atoms with Gasteiger partial charge in [0, 0.05) is 6.54 Å². The number of carbonyl (C=O) groups is 1. The van der Waals surface area contributed by atoms with E-state index in [4.69, 9.17) is 0 Å². The van der Waals surface area contributed by atoms with Gasteiger partial charge in [0.15, 0.2) is 0 Å². The van der Waals surface area contributed by atoms with Crippen LogP contribution in [0, 0.1) is 12.7 Å². The number of para-hydroxylation sites is 1. The molecule has 0 radical (unpaired) electrons. The van der Waals surface area contributed by atoms with Crippen molar-refractivity contribution in [1.29, 1.82) is 0 Å². The molecule has 0 fully saturated rings. The number of aryl methyl sites for hydroxylation is 2. The Kier molecular flexibility index (Phi) is 6.74. The van der Waals surface area contributed by atoms with E-state index in [1.54, 1.807) is 0 Å². The topological polar surface area (TPSA) is 66.5 Å². The Morgan fingerprint density at radius 2 is 1.77 bits per heavy atom. The van der Waals surface area contributed by atoms with Gasteiger partial charge in [-0.2, -0.15) is 0 Å². The maximum Gasteiger partial charge on any atom is 0.240 e. The van der Waals surface area contributed by atoms with Gasteiger partial charge >= 0.3 is 0 Å². The number of rotatable bonds is 8. The molecule has 26 heavy (non-hydrogen) atoms. The fourth-order valence-corrected chi connectivity index (χ4v) is 3.35. The minimum Gasteiger partial charge on any atom is -0.355 e. The average Bonchev–Trinajstić information content (AvgIpc) is 2.58. The van der Waals surface area contributed by atoms with Crippen molar-refractivity contribution in [3.63, 3.8) is 0 Å². The van der Waals surface area contributed by atoms with E-state index in [2.05, 4.69) is 5.32 Å². The lowest BCUT2D eigenvalue weighted by Crippen LogP contribution is -2.41. The van der Waals surface area contributed by atoms with E-state index in [-0.39, 0.29) is 5.69 Å². The summed E-state index contributed by atoms with van der Waals surface area (Å²) in [5.41, 5.74) is 2.23. The third kappa shape index (κ3) is 5.84. The Bertz CT molecular complexity index is 851. The van der Waals surface area contributed by atoms with Crippen LogP contribution >= 0.6 is 0 Å². The van der Waals surface area contributed by atoms with Crippen molar-refractivity contribution in [3.05, 3.63) is 65.5 Å². The van der Waals surface area contributed by atoms with E-state index >= 15 is 0 Å². The highest BCUT2D eigenvalue weighted by molar-refractivity contribution is 7.92. The van der Waals surface area contributed by atoms with E-state index in [1.165, 1.54) is 29.3 Å². The fraction of sp³-hybridized carbons (Fsp3) is 0.316. The quantitative estimate of drug-likeness (QED) is 0.718. The van der Waals surface area contributed by atoms with Gasteiger partial charge in [0.25, 0.3) is 0 Å². The van der Waals surface area contributed by atoms with Gasteiger partial charge in [-0.15, -0.1) is 0 Å². The Hall–Kier alpha value is -2.41. The summed E-state index contributed by atoms with van der Waals surface area (Å²) in [5.74, 6) is -1.16. The SMILES string of the molecule is Cc1ccc(CCCNC(=O)CN(c2ccccc2F)S(C)(=O)=O)cc1. The molecule has 7 heteroatoms. The summed E-state index contributed by atoms with van der Waals surface area (Å²) in [6.07, 6.45) is 2.49. The monoisotopic (exact) mass is 378 g/mol. The molecule has 2 rings (SSSR count). The van der Waals surface area contributed by atoms with E-state index in [9.17, 15) is 17.6 Å². The number of hydrogen-bond donors (Lipinski definition) is 1. The van der Waals surface area contributed by atoms with Crippen LogP contribution in [0.15, 0.2) is 48.5 Å². The molecule has 0 aliphatic carbocycles. The third-order valence-corrected chi connectivity index (χ3v) is 5.02. The molecule has 0 spiro atoms.